The highest BCUT2D eigenvalue weighted by atomic mass is 16.4. The van der Waals surface area contributed by atoms with Crippen molar-refractivity contribution >= 4 is 11.9 Å². The van der Waals surface area contributed by atoms with E-state index < -0.39 is 11.9 Å². The second-order valence-corrected chi connectivity index (χ2v) is 3.60. The van der Waals surface area contributed by atoms with Crippen molar-refractivity contribution in [1.82, 2.24) is 10.2 Å². The van der Waals surface area contributed by atoms with Crippen molar-refractivity contribution in [3.8, 4) is 0 Å². The molecule has 0 aliphatic heterocycles. The molecule has 5 nitrogen and oxygen atoms in total. The number of amides is 1. The van der Waals surface area contributed by atoms with E-state index in [1.807, 2.05) is 0 Å². The Balaban J connectivity index is 3.90. The fraction of sp³-hybridized carbons (Fsp3) is 0.778. The molecular weight excluding hydrogens is 184 g/mol. The third-order valence-corrected chi connectivity index (χ3v) is 1.96. The largest absolute Gasteiger partial charge is 0.481 e. The van der Waals surface area contributed by atoms with Gasteiger partial charge in [-0.2, -0.15) is 0 Å². The van der Waals surface area contributed by atoms with E-state index in [9.17, 15) is 9.59 Å². The Morgan fingerprint density at radius 1 is 1.36 bits per heavy atom. The van der Waals surface area contributed by atoms with E-state index in [1.54, 1.807) is 27.9 Å². The van der Waals surface area contributed by atoms with Crippen molar-refractivity contribution in [2.24, 2.45) is 5.92 Å². The molecule has 0 rings (SSSR count). The maximum absolute atomic E-state index is 11.3. The van der Waals surface area contributed by atoms with Gasteiger partial charge in [-0.3, -0.25) is 9.59 Å². The van der Waals surface area contributed by atoms with Crippen LogP contribution in [0.3, 0.4) is 0 Å². The van der Waals surface area contributed by atoms with Crippen molar-refractivity contribution in [3.63, 3.8) is 0 Å². The lowest BCUT2D eigenvalue weighted by Gasteiger charge is -2.18. The monoisotopic (exact) mass is 202 g/mol. The van der Waals surface area contributed by atoms with Crippen LogP contribution in [0.5, 0.6) is 0 Å². The summed E-state index contributed by atoms with van der Waals surface area (Å²) in [6.45, 7) is 3.62. The van der Waals surface area contributed by atoms with E-state index in [1.165, 1.54) is 4.90 Å². The summed E-state index contributed by atoms with van der Waals surface area (Å²) in [6, 6.07) is -0.341. The molecule has 0 saturated heterocycles. The highest BCUT2D eigenvalue weighted by molar-refractivity contribution is 5.81. The first-order valence-electron chi connectivity index (χ1n) is 4.53. The Labute approximate surface area is 84.1 Å². The lowest BCUT2D eigenvalue weighted by Crippen LogP contribution is -2.43. The number of carbonyl (C=O) groups is 2. The van der Waals surface area contributed by atoms with Gasteiger partial charge >= 0.3 is 5.97 Å². The van der Waals surface area contributed by atoms with E-state index in [-0.39, 0.29) is 11.9 Å². The van der Waals surface area contributed by atoms with Gasteiger partial charge in [-0.15, -0.1) is 0 Å². The lowest BCUT2D eigenvalue weighted by molar-refractivity contribution is -0.141. The van der Waals surface area contributed by atoms with E-state index in [4.69, 9.17) is 5.11 Å². The number of hydrogen-bond donors (Lipinski definition) is 2. The maximum atomic E-state index is 11.3. The molecule has 0 aromatic heterocycles. The Morgan fingerprint density at radius 2 is 1.86 bits per heavy atom. The molecule has 0 aliphatic carbocycles. The summed E-state index contributed by atoms with van der Waals surface area (Å²) >= 11 is 0. The van der Waals surface area contributed by atoms with Crippen LogP contribution in [-0.2, 0) is 9.59 Å². The number of likely N-dealkylation sites (N-methyl/N-ethyl adjacent to an activating group) is 1. The van der Waals surface area contributed by atoms with Crippen LogP contribution in [0.4, 0.5) is 0 Å². The third kappa shape index (κ3) is 4.23. The molecule has 0 radical (unpaired) electrons. The summed E-state index contributed by atoms with van der Waals surface area (Å²) in [4.78, 5) is 23.3. The van der Waals surface area contributed by atoms with Crippen molar-refractivity contribution in [2.45, 2.75) is 19.9 Å². The molecule has 1 amide bonds. The number of carboxylic acids is 1. The van der Waals surface area contributed by atoms with Gasteiger partial charge in [0.25, 0.3) is 0 Å². The summed E-state index contributed by atoms with van der Waals surface area (Å²) < 4.78 is 0. The van der Waals surface area contributed by atoms with Gasteiger partial charge in [0.2, 0.25) is 5.91 Å². The molecule has 0 bridgehead atoms. The number of aliphatic carboxylic acids is 1. The zero-order valence-corrected chi connectivity index (χ0v) is 9.07. The van der Waals surface area contributed by atoms with Gasteiger partial charge in [-0.25, -0.2) is 0 Å². The van der Waals surface area contributed by atoms with Gasteiger partial charge < -0.3 is 15.3 Å². The van der Waals surface area contributed by atoms with Crippen LogP contribution in [0.25, 0.3) is 0 Å². The SMILES string of the molecule is CC(CNC(C)C(=O)N(C)C)C(=O)O. The van der Waals surface area contributed by atoms with E-state index in [0.717, 1.165) is 0 Å². The Hall–Kier alpha value is -1.10. The average Bonchev–Trinajstić information content (AvgIpc) is 2.11. The van der Waals surface area contributed by atoms with Crippen molar-refractivity contribution < 1.29 is 14.7 Å². The number of carbonyl (C=O) groups excluding carboxylic acids is 1. The van der Waals surface area contributed by atoms with Gasteiger partial charge in [-0.05, 0) is 6.92 Å². The van der Waals surface area contributed by atoms with Gasteiger partial charge in [0.1, 0.15) is 0 Å². The number of rotatable bonds is 5. The Morgan fingerprint density at radius 3 is 2.21 bits per heavy atom. The predicted molar refractivity (Wildman–Crippen MR) is 53.0 cm³/mol. The molecule has 82 valence electrons. The van der Waals surface area contributed by atoms with Crippen molar-refractivity contribution in [2.75, 3.05) is 20.6 Å². The van der Waals surface area contributed by atoms with Crippen LogP contribution in [-0.4, -0.2) is 48.6 Å². The fourth-order valence-electron chi connectivity index (χ4n) is 0.915. The molecule has 0 aromatic rings. The summed E-state index contributed by atoms with van der Waals surface area (Å²) in [6.07, 6.45) is 0. The molecule has 0 saturated carbocycles. The quantitative estimate of drug-likeness (QED) is 0.646. The van der Waals surface area contributed by atoms with E-state index in [0.29, 0.717) is 6.54 Å². The molecule has 0 aromatic carbocycles. The van der Waals surface area contributed by atoms with Crippen LogP contribution in [0.1, 0.15) is 13.8 Å². The predicted octanol–water partition coefficient (Wildman–Crippen LogP) is -0.227. The van der Waals surface area contributed by atoms with Crippen LogP contribution >= 0.6 is 0 Å². The smallest absolute Gasteiger partial charge is 0.307 e. The molecule has 5 heteroatoms. The van der Waals surface area contributed by atoms with Gasteiger partial charge in [0.15, 0.2) is 0 Å². The van der Waals surface area contributed by atoms with Crippen LogP contribution in [0, 0.1) is 5.92 Å². The summed E-state index contributed by atoms with van der Waals surface area (Å²) in [5.74, 6) is -1.39. The van der Waals surface area contributed by atoms with Crippen LogP contribution in [0.2, 0.25) is 0 Å². The number of hydrogen-bond acceptors (Lipinski definition) is 3. The van der Waals surface area contributed by atoms with Gasteiger partial charge in [0.05, 0.1) is 12.0 Å². The number of nitrogens with one attached hydrogen (secondary N) is 1. The van der Waals surface area contributed by atoms with Crippen LogP contribution < -0.4 is 5.32 Å². The highest BCUT2D eigenvalue weighted by Gasteiger charge is 2.17. The molecular formula is C9H18N2O3. The molecule has 14 heavy (non-hydrogen) atoms. The molecule has 0 aliphatic rings. The lowest BCUT2D eigenvalue weighted by atomic mass is 10.1. The first-order valence-corrected chi connectivity index (χ1v) is 4.53. The Kier molecular flexibility index (Phi) is 5.15. The minimum absolute atomic E-state index is 0.0532. The standard InChI is InChI=1S/C9H18N2O3/c1-6(9(13)14)5-10-7(2)8(12)11(3)4/h6-7,10H,5H2,1-4H3,(H,13,14). The topological polar surface area (TPSA) is 69.6 Å². The maximum Gasteiger partial charge on any atom is 0.307 e. The summed E-state index contributed by atoms with van der Waals surface area (Å²) in [5.41, 5.74) is 0. The average molecular weight is 202 g/mol. The van der Waals surface area contributed by atoms with Crippen molar-refractivity contribution in [3.05, 3.63) is 0 Å². The second-order valence-electron chi connectivity index (χ2n) is 3.60. The minimum atomic E-state index is -0.859. The molecule has 2 N–H and O–H groups in total. The molecule has 0 spiro atoms. The number of carboxylic acid groups (broad SMARTS) is 1. The molecule has 2 atom stereocenters. The molecule has 2 unspecified atom stereocenters. The minimum Gasteiger partial charge on any atom is -0.481 e. The molecule has 0 fully saturated rings. The highest BCUT2D eigenvalue weighted by Crippen LogP contribution is 1.94. The van der Waals surface area contributed by atoms with E-state index >= 15 is 0 Å². The molecule has 0 heterocycles. The first-order chi connectivity index (χ1) is 6.36. The third-order valence-electron chi connectivity index (χ3n) is 1.96. The summed E-state index contributed by atoms with van der Waals surface area (Å²) in [7, 11) is 3.34. The van der Waals surface area contributed by atoms with E-state index in [2.05, 4.69) is 5.32 Å². The Bertz CT molecular complexity index is 216. The van der Waals surface area contributed by atoms with Crippen molar-refractivity contribution in [1.29, 1.82) is 0 Å². The normalized spacial score (nSPS) is 14.6. The van der Waals surface area contributed by atoms with Gasteiger partial charge in [0, 0.05) is 20.6 Å². The van der Waals surface area contributed by atoms with Gasteiger partial charge in [-0.1, -0.05) is 6.92 Å². The number of nitrogens with zero attached hydrogens (tertiary/aromatic N) is 1. The zero-order valence-electron chi connectivity index (χ0n) is 9.07. The first kappa shape index (κ1) is 12.9. The summed E-state index contributed by atoms with van der Waals surface area (Å²) in [5, 5.41) is 11.5. The van der Waals surface area contributed by atoms with Crippen LogP contribution in [0.15, 0.2) is 0 Å². The fourth-order valence-corrected chi connectivity index (χ4v) is 0.915. The zero-order chi connectivity index (χ0) is 11.3. The second kappa shape index (κ2) is 5.59.